The zero-order chi connectivity index (χ0) is 22.0. The molecule has 0 bridgehead atoms. The number of amides is 1. The van der Waals surface area contributed by atoms with Crippen LogP contribution in [-0.2, 0) is 4.79 Å². The molecule has 3 rings (SSSR count). The number of rotatable bonds is 4. The molecule has 0 aliphatic rings. The lowest BCUT2D eigenvalue weighted by molar-refractivity contribution is -0.112. The Bertz CT molecular complexity index is 1230. The molecule has 0 spiro atoms. The van der Waals surface area contributed by atoms with Crippen molar-refractivity contribution in [3.8, 4) is 11.8 Å². The zero-order valence-electron chi connectivity index (χ0n) is 15.9. The summed E-state index contributed by atoms with van der Waals surface area (Å²) in [7, 11) is 0. The molecule has 3 aromatic rings. The van der Waals surface area contributed by atoms with Crippen molar-refractivity contribution >= 4 is 52.5 Å². The fourth-order valence-corrected chi connectivity index (χ4v) is 3.67. The van der Waals surface area contributed by atoms with Gasteiger partial charge in [0.15, 0.2) is 0 Å². The van der Waals surface area contributed by atoms with Gasteiger partial charge in [0.1, 0.15) is 17.5 Å². The number of nitrogens with zero attached hydrogens (tertiary/aromatic N) is 2. The Balaban J connectivity index is 1.95. The van der Waals surface area contributed by atoms with E-state index in [2.05, 4.69) is 5.32 Å². The second kappa shape index (κ2) is 8.93. The van der Waals surface area contributed by atoms with Crippen molar-refractivity contribution in [3.05, 3.63) is 85.9 Å². The fourth-order valence-electron chi connectivity index (χ4n) is 3.04. The first-order valence-corrected chi connectivity index (χ1v) is 9.87. The largest absolute Gasteiger partial charge is 0.320 e. The van der Waals surface area contributed by atoms with Crippen molar-refractivity contribution in [2.45, 2.75) is 13.8 Å². The Morgan fingerprint density at radius 2 is 1.83 bits per heavy atom. The van der Waals surface area contributed by atoms with Gasteiger partial charge in [0.25, 0.3) is 5.91 Å². The minimum atomic E-state index is -0.601. The SMILES string of the molecule is Cc1cc(/C=C(/C#N)C(=O)Nc2ccc(Cl)cc2Cl)c(C)n1-c1ccc(F)c(Cl)c1. The maximum absolute atomic E-state index is 13.5. The first-order valence-electron chi connectivity index (χ1n) is 8.74. The van der Waals surface area contributed by atoms with Gasteiger partial charge < -0.3 is 9.88 Å². The molecular formula is C22H15Cl3FN3O. The topological polar surface area (TPSA) is 57.8 Å². The van der Waals surface area contributed by atoms with E-state index in [0.29, 0.717) is 22.0 Å². The predicted octanol–water partition coefficient (Wildman–Crippen LogP) is 6.74. The van der Waals surface area contributed by atoms with Crippen LogP contribution in [0, 0.1) is 31.0 Å². The number of nitrogens with one attached hydrogen (secondary N) is 1. The molecule has 1 aromatic heterocycles. The Kier molecular flexibility index (Phi) is 6.52. The summed E-state index contributed by atoms with van der Waals surface area (Å²) < 4.78 is 15.4. The van der Waals surface area contributed by atoms with E-state index in [1.165, 1.54) is 24.3 Å². The summed E-state index contributed by atoms with van der Waals surface area (Å²) >= 11 is 17.8. The molecule has 4 nitrogen and oxygen atoms in total. The highest BCUT2D eigenvalue weighted by Gasteiger charge is 2.15. The number of aromatic nitrogens is 1. The molecule has 30 heavy (non-hydrogen) atoms. The number of aryl methyl sites for hydroxylation is 1. The van der Waals surface area contributed by atoms with Crippen molar-refractivity contribution in [2.75, 3.05) is 5.32 Å². The normalized spacial score (nSPS) is 11.3. The number of carbonyl (C=O) groups is 1. The van der Waals surface area contributed by atoms with Crippen LogP contribution in [0.15, 0.2) is 48.0 Å². The number of benzene rings is 2. The van der Waals surface area contributed by atoms with Crippen molar-refractivity contribution in [1.82, 2.24) is 4.57 Å². The molecule has 0 saturated carbocycles. The lowest BCUT2D eigenvalue weighted by Gasteiger charge is -2.10. The van der Waals surface area contributed by atoms with Gasteiger partial charge in [-0.05, 0) is 68.0 Å². The van der Waals surface area contributed by atoms with Gasteiger partial charge in [-0.2, -0.15) is 5.26 Å². The summed E-state index contributed by atoms with van der Waals surface area (Å²) in [6.45, 7) is 3.69. The molecule has 0 aliphatic carbocycles. The highest BCUT2D eigenvalue weighted by molar-refractivity contribution is 6.37. The molecule has 1 heterocycles. The van der Waals surface area contributed by atoms with Crippen molar-refractivity contribution < 1.29 is 9.18 Å². The molecule has 0 radical (unpaired) electrons. The lowest BCUT2D eigenvalue weighted by Crippen LogP contribution is -2.13. The van der Waals surface area contributed by atoms with Crippen LogP contribution >= 0.6 is 34.8 Å². The van der Waals surface area contributed by atoms with E-state index in [1.807, 2.05) is 30.6 Å². The minimum Gasteiger partial charge on any atom is -0.320 e. The molecular weight excluding hydrogens is 448 g/mol. The number of halogens is 4. The quantitative estimate of drug-likeness (QED) is 0.345. The average Bonchev–Trinajstić information content (AvgIpc) is 2.97. The molecule has 0 aliphatic heterocycles. The third-order valence-corrected chi connectivity index (χ3v) is 5.31. The van der Waals surface area contributed by atoms with Gasteiger partial charge in [0.2, 0.25) is 0 Å². The Morgan fingerprint density at radius 3 is 2.47 bits per heavy atom. The van der Waals surface area contributed by atoms with E-state index in [-0.39, 0.29) is 15.6 Å². The van der Waals surface area contributed by atoms with Crippen molar-refractivity contribution in [2.24, 2.45) is 0 Å². The van der Waals surface area contributed by atoms with Gasteiger partial charge >= 0.3 is 0 Å². The van der Waals surface area contributed by atoms with Crippen LogP contribution in [-0.4, -0.2) is 10.5 Å². The summed E-state index contributed by atoms with van der Waals surface area (Å²) in [5.41, 5.74) is 3.19. The van der Waals surface area contributed by atoms with Crippen LogP contribution in [0.1, 0.15) is 17.0 Å². The van der Waals surface area contributed by atoms with Crippen LogP contribution in [0.5, 0.6) is 0 Å². The summed E-state index contributed by atoms with van der Waals surface area (Å²) in [4.78, 5) is 12.6. The molecule has 1 amide bonds. The number of nitriles is 1. The first-order chi connectivity index (χ1) is 14.2. The maximum Gasteiger partial charge on any atom is 0.266 e. The van der Waals surface area contributed by atoms with Gasteiger partial charge in [-0.25, -0.2) is 4.39 Å². The fraction of sp³-hybridized carbons (Fsp3) is 0.0909. The summed E-state index contributed by atoms with van der Waals surface area (Å²) in [6, 6.07) is 12.8. The molecule has 152 valence electrons. The average molecular weight is 463 g/mol. The van der Waals surface area contributed by atoms with Crippen LogP contribution in [0.3, 0.4) is 0 Å². The summed E-state index contributed by atoms with van der Waals surface area (Å²) in [5, 5.41) is 12.8. The van der Waals surface area contributed by atoms with Crippen LogP contribution in [0.4, 0.5) is 10.1 Å². The molecule has 0 unspecified atom stereocenters. The Hall–Kier alpha value is -2.78. The standard InChI is InChI=1S/C22H15Cl3FN3O/c1-12-7-14(13(2)29(12)17-4-5-20(26)18(24)10-17)8-15(11-27)22(30)28-21-6-3-16(23)9-19(21)25/h3-10H,1-2H3,(H,28,30)/b15-8-. The van der Waals surface area contributed by atoms with Gasteiger partial charge in [0, 0.05) is 22.1 Å². The highest BCUT2D eigenvalue weighted by atomic mass is 35.5. The first kappa shape index (κ1) is 21.9. The maximum atomic E-state index is 13.5. The van der Waals surface area contributed by atoms with Crippen molar-refractivity contribution in [1.29, 1.82) is 5.26 Å². The second-order valence-corrected chi connectivity index (χ2v) is 7.76. The number of carbonyl (C=O) groups excluding carboxylic acids is 1. The van der Waals surface area contributed by atoms with E-state index in [9.17, 15) is 14.4 Å². The van der Waals surface area contributed by atoms with Crippen LogP contribution in [0.25, 0.3) is 11.8 Å². The predicted molar refractivity (Wildman–Crippen MR) is 119 cm³/mol. The summed E-state index contributed by atoms with van der Waals surface area (Å²) in [5.74, 6) is -1.11. The third kappa shape index (κ3) is 4.52. The van der Waals surface area contributed by atoms with Crippen LogP contribution < -0.4 is 5.32 Å². The Labute approximate surface area is 188 Å². The van der Waals surface area contributed by atoms with E-state index < -0.39 is 11.7 Å². The number of hydrogen-bond acceptors (Lipinski definition) is 2. The smallest absolute Gasteiger partial charge is 0.266 e. The van der Waals surface area contributed by atoms with Crippen molar-refractivity contribution in [3.63, 3.8) is 0 Å². The molecule has 1 N–H and O–H groups in total. The van der Waals surface area contributed by atoms with Gasteiger partial charge in [-0.1, -0.05) is 34.8 Å². The molecule has 0 atom stereocenters. The zero-order valence-corrected chi connectivity index (χ0v) is 18.2. The third-order valence-electron chi connectivity index (χ3n) is 4.48. The number of hydrogen-bond donors (Lipinski definition) is 1. The highest BCUT2D eigenvalue weighted by Crippen LogP contribution is 2.28. The monoisotopic (exact) mass is 461 g/mol. The molecule has 8 heteroatoms. The van der Waals surface area contributed by atoms with E-state index in [1.54, 1.807) is 18.2 Å². The minimum absolute atomic E-state index is 0.00836. The van der Waals surface area contributed by atoms with E-state index in [0.717, 1.165) is 11.4 Å². The number of anilines is 1. The molecule has 2 aromatic carbocycles. The van der Waals surface area contributed by atoms with Gasteiger partial charge in [-0.3, -0.25) is 4.79 Å². The van der Waals surface area contributed by atoms with E-state index in [4.69, 9.17) is 34.8 Å². The molecule has 0 saturated heterocycles. The molecule has 0 fully saturated rings. The van der Waals surface area contributed by atoms with Gasteiger partial charge in [0.05, 0.1) is 15.7 Å². The lowest BCUT2D eigenvalue weighted by atomic mass is 10.1. The van der Waals surface area contributed by atoms with Gasteiger partial charge in [-0.15, -0.1) is 0 Å². The Morgan fingerprint density at radius 1 is 1.10 bits per heavy atom. The summed E-state index contributed by atoms with van der Waals surface area (Å²) in [6.07, 6.45) is 1.49. The second-order valence-electron chi connectivity index (χ2n) is 6.51. The van der Waals surface area contributed by atoms with E-state index >= 15 is 0 Å². The van der Waals surface area contributed by atoms with Crippen LogP contribution in [0.2, 0.25) is 15.1 Å².